The first-order valence-corrected chi connectivity index (χ1v) is 6.60. The van der Waals surface area contributed by atoms with Crippen molar-refractivity contribution in [1.82, 2.24) is 10.3 Å². The van der Waals surface area contributed by atoms with Crippen molar-refractivity contribution < 1.29 is 0 Å². The molecule has 0 aromatic heterocycles. The second-order valence-corrected chi connectivity index (χ2v) is 5.10. The maximum Gasteiger partial charge on any atom is 0.183 e. The molecule has 0 atom stereocenters. The summed E-state index contributed by atoms with van der Waals surface area (Å²) in [7, 11) is 0. The lowest BCUT2D eigenvalue weighted by molar-refractivity contribution is 0.381. The highest BCUT2D eigenvalue weighted by molar-refractivity contribution is 7.80. The SMILES string of the molecule is Cc1ccc(N2CCN(C(=S)NN)CC2)c(C)c1. The van der Waals surface area contributed by atoms with E-state index in [0.717, 1.165) is 26.2 Å². The molecule has 18 heavy (non-hydrogen) atoms. The summed E-state index contributed by atoms with van der Waals surface area (Å²) in [5, 5.41) is 0.635. The Kier molecular flexibility index (Phi) is 4.04. The summed E-state index contributed by atoms with van der Waals surface area (Å²) < 4.78 is 0. The Bertz CT molecular complexity index is 439. The van der Waals surface area contributed by atoms with Crippen LogP contribution in [-0.2, 0) is 0 Å². The van der Waals surface area contributed by atoms with E-state index in [-0.39, 0.29) is 0 Å². The number of benzene rings is 1. The van der Waals surface area contributed by atoms with Gasteiger partial charge in [0.1, 0.15) is 0 Å². The number of piperazine rings is 1. The fraction of sp³-hybridized carbons (Fsp3) is 0.462. The van der Waals surface area contributed by atoms with Gasteiger partial charge < -0.3 is 15.2 Å². The summed E-state index contributed by atoms with van der Waals surface area (Å²) in [5.41, 5.74) is 6.52. The molecule has 4 nitrogen and oxygen atoms in total. The summed E-state index contributed by atoms with van der Waals surface area (Å²) in [4.78, 5) is 4.51. The number of nitrogens with one attached hydrogen (secondary N) is 1. The van der Waals surface area contributed by atoms with E-state index < -0.39 is 0 Å². The van der Waals surface area contributed by atoms with Crippen molar-refractivity contribution in [3.63, 3.8) is 0 Å². The van der Waals surface area contributed by atoms with E-state index in [1.165, 1.54) is 16.8 Å². The number of nitrogens with zero attached hydrogens (tertiary/aromatic N) is 2. The van der Waals surface area contributed by atoms with Crippen LogP contribution in [0, 0.1) is 13.8 Å². The first-order chi connectivity index (χ1) is 8.61. The molecule has 1 aliphatic rings. The van der Waals surface area contributed by atoms with Gasteiger partial charge in [0, 0.05) is 31.9 Å². The van der Waals surface area contributed by atoms with Crippen LogP contribution in [-0.4, -0.2) is 36.2 Å². The van der Waals surface area contributed by atoms with E-state index in [9.17, 15) is 0 Å². The van der Waals surface area contributed by atoms with Crippen molar-refractivity contribution >= 4 is 23.0 Å². The lowest BCUT2D eigenvalue weighted by Crippen LogP contribution is -2.53. The van der Waals surface area contributed by atoms with Crippen molar-refractivity contribution in [3.05, 3.63) is 29.3 Å². The Balaban J connectivity index is 2.03. The Morgan fingerprint density at radius 3 is 2.44 bits per heavy atom. The van der Waals surface area contributed by atoms with E-state index in [0.29, 0.717) is 5.11 Å². The van der Waals surface area contributed by atoms with Crippen LogP contribution in [0.5, 0.6) is 0 Å². The highest BCUT2D eigenvalue weighted by atomic mass is 32.1. The number of rotatable bonds is 1. The average Bonchev–Trinajstić information content (AvgIpc) is 2.38. The molecule has 5 heteroatoms. The molecule has 0 spiro atoms. The van der Waals surface area contributed by atoms with Crippen molar-refractivity contribution in [2.75, 3.05) is 31.1 Å². The number of nitrogens with two attached hydrogens (primary N) is 1. The molecule has 1 aromatic carbocycles. The van der Waals surface area contributed by atoms with Gasteiger partial charge in [-0.15, -0.1) is 0 Å². The molecule has 1 saturated heterocycles. The summed E-state index contributed by atoms with van der Waals surface area (Å²) in [6.45, 7) is 8.07. The van der Waals surface area contributed by atoms with Crippen molar-refractivity contribution in [1.29, 1.82) is 0 Å². The van der Waals surface area contributed by atoms with E-state index in [2.05, 4.69) is 47.3 Å². The van der Waals surface area contributed by atoms with Gasteiger partial charge >= 0.3 is 0 Å². The van der Waals surface area contributed by atoms with Gasteiger partial charge in [-0.05, 0) is 37.7 Å². The van der Waals surface area contributed by atoms with Crippen LogP contribution in [0.1, 0.15) is 11.1 Å². The molecule has 0 aliphatic carbocycles. The Morgan fingerprint density at radius 1 is 1.22 bits per heavy atom. The zero-order chi connectivity index (χ0) is 13.1. The molecule has 1 aliphatic heterocycles. The van der Waals surface area contributed by atoms with Gasteiger partial charge in [0.2, 0.25) is 0 Å². The van der Waals surface area contributed by atoms with Crippen LogP contribution in [0.25, 0.3) is 0 Å². The third-order valence-corrected chi connectivity index (χ3v) is 3.76. The van der Waals surface area contributed by atoms with E-state index in [1.807, 2.05) is 0 Å². The number of hydrazine groups is 1. The number of thiocarbonyl (C=S) groups is 1. The number of aryl methyl sites for hydroxylation is 2. The number of anilines is 1. The zero-order valence-electron chi connectivity index (χ0n) is 10.9. The van der Waals surface area contributed by atoms with Gasteiger partial charge in [-0.1, -0.05) is 17.7 Å². The molecule has 1 heterocycles. The van der Waals surface area contributed by atoms with Crippen LogP contribution in [0.3, 0.4) is 0 Å². The maximum atomic E-state index is 5.34. The number of hydrogen-bond acceptors (Lipinski definition) is 3. The Hall–Kier alpha value is -1.33. The minimum Gasteiger partial charge on any atom is -0.368 e. The summed E-state index contributed by atoms with van der Waals surface area (Å²) in [6, 6.07) is 6.61. The van der Waals surface area contributed by atoms with Crippen LogP contribution < -0.4 is 16.2 Å². The minimum absolute atomic E-state index is 0.635. The van der Waals surface area contributed by atoms with E-state index in [4.69, 9.17) is 18.1 Å². The average molecular weight is 264 g/mol. The Labute approximate surface area is 114 Å². The van der Waals surface area contributed by atoms with E-state index >= 15 is 0 Å². The molecule has 98 valence electrons. The molecule has 1 fully saturated rings. The fourth-order valence-electron chi connectivity index (χ4n) is 2.40. The normalized spacial score (nSPS) is 15.7. The lowest BCUT2D eigenvalue weighted by Gasteiger charge is -2.37. The van der Waals surface area contributed by atoms with Crippen molar-refractivity contribution in [2.24, 2.45) is 5.84 Å². The maximum absolute atomic E-state index is 5.34. The molecular weight excluding hydrogens is 244 g/mol. The predicted octanol–water partition coefficient (Wildman–Crippen LogP) is 1.17. The van der Waals surface area contributed by atoms with Crippen molar-refractivity contribution in [3.8, 4) is 0 Å². The fourth-order valence-corrected chi connectivity index (χ4v) is 2.58. The van der Waals surface area contributed by atoms with Crippen LogP contribution in [0.4, 0.5) is 5.69 Å². The van der Waals surface area contributed by atoms with Gasteiger partial charge in [0.15, 0.2) is 5.11 Å². The summed E-state index contributed by atoms with van der Waals surface area (Å²) in [6.07, 6.45) is 0. The van der Waals surface area contributed by atoms with Gasteiger partial charge in [-0.2, -0.15) is 0 Å². The summed E-state index contributed by atoms with van der Waals surface area (Å²) >= 11 is 5.14. The molecule has 0 saturated carbocycles. The predicted molar refractivity (Wildman–Crippen MR) is 79.6 cm³/mol. The monoisotopic (exact) mass is 264 g/mol. The second-order valence-electron chi connectivity index (χ2n) is 4.71. The topological polar surface area (TPSA) is 44.5 Å². The van der Waals surface area contributed by atoms with E-state index in [1.54, 1.807) is 0 Å². The van der Waals surface area contributed by atoms with Gasteiger partial charge in [0.05, 0.1) is 0 Å². The van der Waals surface area contributed by atoms with Crippen molar-refractivity contribution in [2.45, 2.75) is 13.8 Å². The highest BCUT2D eigenvalue weighted by Gasteiger charge is 2.19. The largest absolute Gasteiger partial charge is 0.368 e. The third-order valence-electron chi connectivity index (χ3n) is 3.38. The van der Waals surface area contributed by atoms with Crippen LogP contribution >= 0.6 is 12.2 Å². The standard InChI is InChI=1S/C13H20N4S/c1-10-3-4-12(11(2)9-10)16-5-7-17(8-6-16)13(18)15-14/h3-4,9H,5-8,14H2,1-2H3,(H,15,18). The zero-order valence-corrected chi connectivity index (χ0v) is 11.8. The summed E-state index contributed by atoms with van der Waals surface area (Å²) in [5.74, 6) is 5.34. The minimum atomic E-state index is 0.635. The quantitative estimate of drug-likeness (QED) is 0.453. The third kappa shape index (κ3) is 2.73. The molecule has 3 N–H and O–H groups in total. The molecule has 0 radical (unpaired) electrons. The molecule has 0 amide bonds. The van der Waals surface area contributed by atoms with Crippen LogP contribution in [0.15, 0.2) is 18.2 Å². The lowest BCUT2D eigenvalue weighted by atomic mass is 10.1. The van der Waals surface area contributed by atoms with Gasteiger partial charge in [0.25, 0.3) is 0 Å². The molecule has 2 rings (SSSR count). The second kappa shape index (κ2) is 5.54. The highest BCUT2D eigenvalue weighted by Crippen LogP contribution is 2.22. The molecule has 0 unspecified atom stereocenters. The molecule has 0 bridgehead atoms. The number of hydrogen-bond donors (Lipinski definition) is 2. The van der Waals surface area contributed by atoms with Gasteiger partial charge in [-0.3, -0.25) is 0 Å². The molecular formula is C13H20N4S. The first-order valence-electron chi connectivity index (χ1n) is 6.19. The van der Waals surface area contributed by atoms with Gasteiger partial charge in [-0.25, -0.2) is 5.84 Å². The smallest absolute Gasteiger partial charge is 0.183 e. The Morgan fingerprint density at radius 2 is 1.89 bits per heavy atom. The van der Waals surface area contributed by atoms with Crippen LogP contribution in [0.2, 0.25) is 0 Å². The first kappa shape index (κ1) is 13.1. The molecule has 1 aromatic rings.